The second kappa shape index (κ2) is 7.19. The zero-order valence-corrected chi connectivity index (χ0v) is 20.9. The monoisotopic (exact) mass is 472 g/mol. The lowest BCUT2D eigenvalue weighted by atomic mass is 9.49. The quantitative estimate of drug-likeness (QED) is 0.619. The van der Waals surface area contributed by atoms with Crippen molar-refractivity contribution in [2.75, 3.05) is 0 Å². The van der Waals surface area contributed by atoms with Gasteiger partial charge in [0.1, 0.15) is 0 Å². The molecule has 5 aliphatic carbocycles. The summed E-state index contributed by atoms with van der Waals surface area (Å²) in [6.07, 6.45) is 11.2. The Bertz CT molecular complexity index is 872. The minimum Gasteiger partial charge on any atom is -0.319 e. The Labute approximate surface area is 202 Å². The number of amides is 2. The number of hydrogen-bond acceptors (Lipinski definition) is 5. The maximum Gasteiger partial charge on any atom is 0.246 e. The molecule has 1 N–H and O–H groups in total. The van der Waals surface area contributed by atoms with E-state index in [2.05, 4.69) is 12.3 Å². The van der Waals surface area contributed by atoms with E-state index in [4.69, 9.17) is 14.5 Å². The van der Waals surface area contributed by atoms with Crippen LogP contribution in [0.3, 0.4) is 0 Å². The maximum absolute atomic E-state index is 13.7. The minimum atomic E-state index is -0.901. The molecular formula is C27H40N2O5. The van der Waals surface area contributed by atoms with E-state index in [1.54, 1.807) is 0 Å². The van der Waals surface area contributed by atoms with E-state index < -0.39 is 17.6 Å². The Balaban J connectivity index is 1.18. The normalized spacial score (nSPS) is 55.1. The summed E-state index contributed by atoms with van der Waals surface area (Å²) in [6, 6.07) is 0. The Morgan fingerprint density at radius 1 is 1.00 bits per heavy atom. The zero-order chi connectivity index (χ0) is 23.5. The Morgan fingerprint density at radius 3 is 2.35 bits per heavy atom. The summed E-state index contributed by atoms with van der Waals surface area (Å²) < 4.78 is 6.55. The summed E-state index contributed by atoms with van der Waals surface area (Å²) in [4.78, 5) is 39.5. The molecule has 2 amide bonds. The van der Waals surface area contributed by atoms with Crippen molar-refractivity contribution in [2.24, 2.45) is 46.8 Å². The van der Waals surface area contributed by atoms with Crippen molar-refractivity contribution in [3.05, 3.63) is 0 Å². The second-order valence-corrected chi connectivity index (χ2v) is 13.6. The lowest BCUT2D eigenvalue weighted by Crippen LogP contribution is -2.77. The molecule has 1 spiro atoms. The molecular weight excluding hydrogens is 432 g/mol. The molecule has 6 bridgehead atoms. The van der Waals surface area contributed by atoms with E-state index >= 15 is 0 Å². The number of carbonyl (C=O) groups excluding carboxylic acids is 2. The van der Waals surface area contributed by atoms with Gasteiger partial charge in [0.05, 0.1) is 0 Å². The van der Waals surface area contributed by atoms with Gasteiger partial charge in [-0.1, -0.05) is 13.8 Å². The molecule has 0 aromatic carbocycles. The van der Waals surface area contributed by atoms with Crippen molar-refractivity contribution in [3.63, 3.8) is 0 Å². The molecule has 4 aliphatic heterocycles. The summed E-state index contributed by atoms with van der Waals surface area (Å²) in [7, 11) is 0. The van der Waals surface area contributed by atoms with Gasteiger partial charge in [-0.3, -0.25) is 15.0 Å². The fourth-order valence-electron chi connectivity index (χ4n) is 10.2. The average Bonchev–Trinajstić information content (AvgIpc) is 3.00. The van der Waals surface area contributed by atoms with Gasteiger partial charge in [-0.05, 0) is 99.7 Å². The lowest BCUT2D eigenvalue weighted by molar-refractivity contribution is -0.549. The lowest BCUT2D eigenvalue weighted by Gasteiger charge is -2.61. The van der Waals surface area contributed by atoms with Crippen molar-refractivity contribution >= 4 is 11.8 Å². The Hall–Kier alpha value is -1.18. The second-order valence-electron chi connectivity index (χ2n) is 13.6. The molecule has 34 heavy (non-hydrogen) atoms. The van der Waals surface area contributed by atoms with Crippen LogP contribution in [0.25, 0.3) is 0 Å². The summed E-state index contributed by atoms with van der Waals surface area (Å²) >= 11 is 0. The first-order valence-electron chi connectivity index (χ1n) is 13.9. The maximum atomic E-state index is 13.7. The number of hydrazine groups is 1. The van der Waals surface area contributed by atoms with Crippen LogP contribution in [0.1, 0.15) is 91.4 Å². The third kappa shape index (κ3) is 2.98. The number of fused-ring (bicyclic) bond motifs is 2. The number of piperidine rings is 1. The van der Waals surface area contributed by atoms with Crippen molar-refractivity contribution in [1.29, 1.82) is 0 Å². The molecule has 0 unspecified atom stereocenters. The highest BCUT2D eigenvalue weighted by atomic mass is 17.3. The van der Waals surface area contributed by atoms with Gasteiger partial charge >= 0.3 is 0 Å². The smallest absolute Gasteiger partial charge is 0.246 e. The highest BCUT2D eigenvalue weighted by molar-refractivity contribution is 5.85. The van der Waals surface area contributed by atoms with Gasteiger partial charge < -0.3 is 4.74 Å². The van der Waals surface area contributed by atoms with Crippen LogP contribution in [0.4, 0.5) is 0 Å². The van der Waals surface area contributed by atoms with E-state index in [0.29, 0.717) is 12.3 Å². The average molecular weight is 473 g/mol. The molecule has 7 atom stereocenters. The SMILES string of the molecule is C[C@@H]1CC[C@H]2[C@@H](C)C(=O)N(NC(=O)CC34CC5CC(CC(C5)C3)C4)[C@@H]3O[C@@]4(C)CC[C@@H]1[C@@]23OO4. The highest BCUT2D eigenvalue weighted by Gasteiger charge is 2.71. The summed E-state index contributed by atoms with van der Waals surface area (Å²) in [5, 5.41) is 1.53. The van der Waals surface area contributed by atoms with Crippen molar-refractivity contribution in [1.82, 2.24) is 10.4 Å². The number of ether oxygens (including phenoxy) is 1. The molecule has 4 saturated heterocycles. The third-order valence-corrected chi connectivity index (χ3v) is 11.2. The first-order chi connectivity index (χ1) is 16.2. The predicted molar refractivity (Wildman–Crippen MR) is 122 cm³/mol. The number of nitrogens with zero attached hydrogens (tertiary/aromatic N) is 1. The Morgan fingerprint density at radius 2 is 1.68 bits per heavy atom. The van der Waals surface area contributed by atoms with Gasteiger partial charge in [-0.15, -0.1) is 0 Å². The summed E-state index contributed by atoms with van der Waals surface area (Å²) in [6.45, 7) is 6.17. The molecule has 0 aromatic rings. The van der Waals surface area contributed by atoms with Crippen molar-refractivity contribution in [2.45, 2.75) is 109 Å². The molecule has 0 radical (unpaired) electrons. The van der Waals surface area contributed by atoms with Crippen LogP contribution >= 0.6 is 0 Å². The first kappa shape index (κ1) is 22.1. The molecule has 9 rings (SSSR count). The molecule has 9 fully saturated rings. The van der Waals surface area contributed by atoms with Gasteiger partial charge in [-0.25, -0.2) is 14.8 Å². The number of rotatable bonds is 3. The number of nitrogens with one attached hydrogen (secondary N) is 1. The van der Waals surface area contributed by atoms with Gasteiger partial charge in [0, 0.05) is 24.7 Å². The van der Waals surface area contributed by atoms with E-state index in [1.807, 2.05) is 13.8 Å². The van der Waals surface area contributed by atoms with Crippen LogP contribution in [0.2, 0.25) is 0 Å². The van der Waals surface area contributed by atoms with Gasteiger partial charge in [-0.2, -0.15) is 0 Å². The van der Waals surface area contributed by atoms with Crippen LogP contribution in [0, 0.1) is 46.8 Å². The molecule has 5 saturated carbocycles. The fourth-order valence-corrected chi connectivity index (χ4v) is 10.2. The molecule has 4 heterocycles. The number of carbonyl (C=O) groups is 2. The Kier molecular flexibility index (Phi) is 4.67. The van der Waals surface area contributed by atoms with Gasteiger partial charge in [0.15, 0.2) is 11.8 Å². The fraction of sp³-hybridized carbons (Fsp3) is 0.926. The number of hydrogen-bond donors (Lipinski definition) is 1. The van der Waals surface area contributed by atoms with Crippen LogP contribution in [-0.2, 0) is 24.1 Å². The molecule has 7 heteroatoms. The first-order valence-corrected chi connectivity index (χ1v) is 13.9. The van der Waals surface area contributed by atoms with Crippen LogP contribution in [0.15, 0.2) is 0 Å². The largest absolute Gasteiger partial charge is 0.319 e. The van der Waals surface area contributed by atoms with E-state index in [-0.39, 0.29) is 35.0 Å². The molecule has 9 aliphatic rings. The zero-order valence-electron chi connectivity index (χ0n) is 20.9. The predicted octanol–water partition coefficient (Wildman–Crippen LogP) is 4.32. The van der Waals surface area contributed by atoms with Crippen molar-refractivity contribution < 1.29 is 24.1 Å². The van der Waals surface area contributed by atoms with Gasteiger partial charge in [0.25, 0.3) is 0 Å². The highest BCUT2D eigenvalue weighted by Crippen LogP contribution is 2.62. The minimum absolute atomic E-state index is 0.0326. The van der Waals surface area contributed by atoms with E-state index in [1.165, 1.54) is 43.5 Å². The topological polar surface area (TPSA) is 77.1 Å². The van der Waals surface area contributed by atoms with Crippen molar-refractivity contribution in [3.8, 4) is 0 Å². The van der Waals surface area contributed by atoms with Crippen LogP contribution in [0.5, 0.6) is 0 Å². The van der Waals surface area contributed by atoms with E-state index in [9.17, 15) is 9.59 Å². The van der Waals surface area contributed by atoms with E-state index in [0.717, 1.165) is 43.4 Å². The van der Waals surface area contributed by atoms with Crippen LogP contribution < -0.4 is 5.43 Å². The van der Waals surface area contributed by atoms with Gasteiger partial charge in [0.2, 0.25) is 17.6 Å². The van der Waals surface area contributed by atoms with Crippen LogP contribution in [-0.4, -0.2) is 34.4 Å². The summed E-state index contributed by atoms with van der Waals surface area (Å²) in [5.74, 6) is 1.88. The molecule has 7 nitrogen and oxygen atoms in total. The summed E-state index contributed by atoms with van der Waals surface area (Å²) in [5.41, 5.74) is 2.49. The molecule has 188 valence electrons. The molecule has 0 aromatic heterocycles. The third-order valence-electron chi connectivity index (χ3n) is 11.2. The standard InChI is InChI=1S/C27H40N2O5/c1-15-4-5-21-16(2)23(31)29(24-27(21)20(15)6-7-25(3,32-24)33-34-27)28-22(30)14-26-11-17-8-18(12-26)10-19(9-17)13-26/h15-21,24H,4-14H2,1-3H3,(H,28,30)/t15-,16-,17?,18?,19?,20+,21+,24-,25-,26?,27-/m1/s1.